The molecule has 0 fully saturated rings. The SMILES string of the molecule is CCOC(=O)c1nnc(SCC(=O)O)o1. The molecule has 8 heteroatoms. The smallest absolute Gasteiger partial charge is 0.396 e. The second-order valence-electron chi connectivity index (χ2n) is 2.28. The van der Waals surface area contributed by atoms with Gasteiger partial charge in [0.2, 0.25) is 0 Å². The van der Waals surface area contributed by atoms with Gasteiger partial charge in [0, 0.05) is 0 Å². The minimum absolute atomic E-state index is 0.0282. The Hall–Kier alpha value is -1.57. The molecule has 0 aliphatic rings. The number of hydrogen-bond donors (Lipinski definition) is 1. The molecule has 1 aromatic rings. The van der Waals surface area contributed by atoms with E-state index in [-0.39, 0.29) is 23.5 Å². The van der Waals surface area contributed by atoms with Gasteiger partial charge in [-0.15, -0.1) is 5.10 Å². The first-order chi connectivity index (χ1) is 7.13. The third-order valence-electron chi connectivity index (χ3n) is 1.18. The molecule has 0 unspecified atom stereocenters. The summed E-state index contributed by atoms with van der Waals surface area (Å²) in [4.78, 5) is 21.3. The Bertz CT molecular complexity index is 364. The Balaban J connectivity index is 2.56. The Kier molecular flexibility index (Phi) is 4.10. The van der Waals surface area contributed by atoms with Crippen molar-refractivity contribution in [3.05, 3.63) is 5.89 Å². The van der Waals surface area contributed by atoms with Crippen LogP contribution in [0.2, 0.25) is 0 Å². The minimum Gasteiger partial charge on any atom is -0.481 e. The molecule has 0 aliphatic carbocycles. The first-order valence-electron chi connectivity index (χ1n) is 3.98. The van der Waals surface area contributed by atoms with Gasteiger partial charge < -0.3 is 14.3 Å². The molecular weight excluding hydrogens is 224 g/mol. The fourth-order valence-corrected chi connectivity index (χ4v) is 1.15. The van der Waals surface area contributed by atoms with Crippen molar-refractivity contribution in [3.8, 4) is 0 Å². The normalized spacial score (nSPS) is 9.93. The average molecular weight is 232 g/mol. The summed E-state index contributed by atoms with van der Waals surface area (Å²) in [5.74, 6) is -2.20. The van der Waals surface area contributed by atoms with Crippen molar-refractivity contribution in [3.63, 3.8) is 0 Å². The number of nitrogens with zero attached hydrogens (tertiary/aromatic N) is 2. The highest BCUT2D eigenvalue weighted by Crippen LogP contribution is 2.15. The highest BCUT2D eigenvalue weighted by atomic mass is 32.2. The predicted octanol–water partition coefficient (Wildman–Crippen LogP) is 0.423. The van der Waals surface area contributed by atoms with Crippen molar-refractivity contribution in [2.45, 2.75) is 12.1 Å². The number of rotatable bonds is 5. The molecule has 82 valence electrons. The quantitative estimate of drug-likeness (QED) is 0.575. The van der Waals surface area contributed by atoms with Crippen LogP contribution in [0, 0.1) is 0 Å². The van der Waals surface area contributed by atoms with E-state index in [9.17, 15) is 9.59 Å². The minimum atomic E-state index is -1.00. The van der Waals surface area contributed by atoms with Crippen LogP contribution in [-0.2, 0) is 9.53 Å². The number of aromatic nitrogens is 2. The monoisotopic (exact) mass is 232 g/mol. The fourth-order valence-electron chi connectivity index (χ4n) is 0.667. The van der Waals surface area contributed by atoms with Gasteiger partial charge in [-0.25, -0.2) is 4.79 Å². The van der Waals surface area contributed by atoms with Gasteiger partial charge in [-0.2, -0.15) is 0 Å². The topological polar surface area (TPSA) is 103 Å². The average Bonchev–Trinajstić information content (AvgIpc) is 2.63. The van der Waals surface area contributed by atoms with Gasteiger partial charge in [-0.05, 0) is 6.92 Å². The summed E-state index contributed by atoms with van der Waals surface area (Å²) in [6.07, 6.45) is 0. The molecule has 1 heterocycles. The van der Waals surface area contributed by atoms with E-state index in [0.29, 0.717) is 0 Å². The summed E-state index contributed by atoms with van der Waals surface area (Å²) < 4.78 is 9.46. The molecule has 0 saturated heterocycles. The molecule has 1 rings (SSSR count). The van der Waals surface area contributed by atoms with Crippen LogP contribution in [0.3, 0.4) is 0 Å². The van der Waals surface area contributed by atoms with Crippen LogP contribution in [0.15, 0.2) is 9.64 Å². The molecule has 7 nitrogen and oxygen atoms in total. The van der Waals surface area contributed by atoms with E-state index in [1.807, 2.05) is 0 Å². The van der Waals surface area contributed by atoms with Crippen LogP contribution >= 0.6 is 11.8 Å². The maximum absolute atomic E-state index is 11.1. The van der Waals surface area contributed by atoms with Crippen molar-refractivity contribution in [2.24, 2.45) is 0 Å². The Labute approximate surface area is 88.8 Å². The van der Waals surface area contributed by atoms with Gasteiger partial charge in [0.25, 0.3) is 5.22 Å². The number of carbonyl (C=O) groups is 2. The lowest BCUT2D eigenvalue weighted by atomic mass is 10.7. The zero-order valence-electron chi connectivity index (χ0n) is 7.80. The maximum atomic E-state index is 11.1. The van der Waals surface area contributed by atoms with Crippen LogP contribution in [0.4, 0.5) is 0 Å². The van der Waals surface area contributed by atoms with Crippen molar-refractivity contribution in [1.82, 2.24) is 10.2 Å². The molecule has 15 heavy (non-hydrogen) atoms. The molecule has 0 saturated carbocycles. The Morgan fingerprint density at radius 1 is 1.53 bits per heavy atom. The maximum Gasteiger partial charge on any atom is 0.396 e. The molecule has 1 N–H and O–H groups in total. The second kappa shape index (κ2) is 5.35. The zero-order valence-corrected chi connectivity index (χ0v) is 8.61. The van der Waals surface area contributed by atoms with Crippen LogP contribution in [0.1, 0.15) is 17.6 Å². The predicted molar refractivity (Wildman–Crippen MR) is 48.6 cm³/mol. The van der Waals surface area contributed by atoms with Crippen LogP contribution in [0.25, 0.3) is 0 Å². The molecule has 0 aromatic carbocycles. The lowest BCUT2D eigenvalue weighted by Gasteiger charge is -1.94. The van der Waals surface area contributed by atoms with Gasteiger partial charge in [0.05, 0.1) is 6.61 Å². The van der Waals surface area contributed by atoms with Crippen molar-refractivity contribution in [1.29, 1.82) is 0 Å². The number of thioether (sulfide) groups is 1. The number of aliphatic carboxylic acids is 1. The number of ether oxygens (including phenoxy) is 1. The van der Waals surface area contributed by atoms with Crippen LogP contribution in [0.5, 0.6) is 0 Å². The van der Waals surface area contributed by atoms with Crippen molar-refractivity contribution < 1.29 is 23.8 Å². The summed E-state index contributed by atoms with van der Waals surface area (Å²) in [5, 5.41) is 15.3. The first-order valence-corrected chi connectivity index (χ1v) is 4.97. The molecule has 1 aromatic heterocycles. The van der Waals surface area contributed by atoms with Gasteiger partial charge in [-0.3, -0.25) is 4.79 Å². The standard InChI is InChI=1S/C7H8N2O5S/c1-2-13-6(12)5-8-9-7(14-5)15-3-4(10)11/h2-3H2,1H3,(H,10,11). The molecule has 0 amide bonds. The largest absolute Gasteiger partial charge is 0.481 e. The zero-order chi connectivity index (χ0) is 11.3. The number of esters is 1. The summed E-state index contributed by atoms with van der Waals surface area (Å²) in [6.45, 7) is 1.85. The number of hydrogen-bond acceptors (Lipinski definition) is 7. The lowest BCUT2D eigenvalue weighted by Crippen LogP contribution is -2.04. The van der Waals surface area contributed by atoms with Crippen molar-refractivity contribution in [2.75, 3.05) is 12.4 Å². The molecule has 0 aliphatic heterocycles. The third kappa shape index (κ3) is 3.58. The first kappa shape index (κ1) is 11.5. The van der Waals surface area contributed by atoms with E-state index in [4.69, 9.17) is 9.52 Å². The summed E-state index contributed by atoms with van der Waals surface area (Å²) in [6, 6.07) is 0. The fraction of sp³-hybridized carbons (Fsp3) is 0.429. The highest BCUT2D eigenvalue weighted by Gasteiger charge is 2.16. The molecule has 0 atom stereocenters. The summed E-state index contributed by atoms with van der Waals surface area (Å²) in [5.41, 5.74) is 0. The van der Waals surface area contributed by atoms with Gasteiger partial charge in [0.1, 0.15) is 5.75 Å². The van der Waals surface area contributed by atoms with E-state index < -0.39 is 11.9 Å². The second-order valence-corrected chi connectivity index (χ2v) is 3.20. The molecule has 0 spiro atoms. The van der Waals surface area contributed by atoms with Gasteiger partial charge in [0.15, 0.2) is 0 Å². The summed E-state index contributed by atoms with van der Waals surface area (Å²) in [7, 11) is 0. The Morgan fingerprint density at radius 2 is 2.27 bits per heavy atom. The van der Waals surface area contributed by atoms with E-state index >= 15 is 0 Å². The van der Waals surface area contributed by atoms with Crippen LogP contribution in [-0.4, -0.2) is 39.6 Å². The lowest BCUT2D eigenvalue weighted by molar-refractivity contribution is -0.133. The van der Waals surface area contributed by atoms with Gasteiger partial charge >= 0.3 is 17.8 Å². The molecular formula is C7H8N2O5S. The van der Waals surface area contributed by atoms with Crippen molar-refractivity contribution >= 4 is 23.7 Å². The number of carboxylic acids is 1. The van der Waals surface area contributed by atoms with E-state index in [1.165, 1.54) is 0 Å². The highest BCUT2D eigenvalue weighted by molar-refractivity contribution is 7.99. The number of carboxylic acid groups (broad SMARTS) is 1. The number of carbonyl (C=O) groups excluding carboxylic acids is 1. The van der Waals surface area contributed by atoms with Gasteiger partial charge in [-0.1, -0.05) is 16.9 Å². The van der Waals surface area contributed by atoms with E-state index in [1.54, 1.807) is 6.92 Å². The third-order valence-corrected chi connectivity index (χ3v) is 1.98. The van der Waals surface area contributed by atoms with E-state index in [0.717, 1.165) is 11.8 Å². The van der Waals surface area contributed by atoms with Crippen LogP contribution < -0.4 is 0 Å². The molecule has 0 radical (unpaired) electrons. The summed E-state index contributed by atoms with van der Waals surface area (Å²) >= 11 is 0.837. The van der Waals surface area contributed by atoms with E-state index in [2.05, 4.69) is 14.9 Å². The molecule has 0 bridgehead atoms. The Morgan fingerprint density at radius 3 is 2.87 bits per heavy atom.